The fourth-order valence-electron chi connectivity index (χ4n) is 4.05. The third-order valence-corrected chi connectivity index (χ3v) is 6.91. The Kier molecular flexibility index (Phi) is 13.7. The lowest BCUT2D eigenvalue weighted by atomic mass is 10.2. The predicted octanol–water partition coefficient (Wildman–Crippen LogP) is -0.120. The number of quaternary nitrogens is 2. The summed E-state index contributed by atoms with van der Waals surface area (Å²) in [6, 6.07) is -0.0629. The van der Waals surface area contributed by atoms with Crippen LogP contribution in [-0.2, 0) is 0 Å². The van der Waals surface area contributed by atoms with Gasteiger partial charge in [0.05, 0.1) is 47.8 Å². The Bertz CT molecular complexity index is 504. The lowest BCUT2D eigenvalue weighted by Gasteiger charge is -2.36. The second kappa shape index (κ2) is 15.0. The van der Waals surface area contributed by atoms with Crippen LogP contribution in [0, 0.1) is 0 Å². The van der Waals surface area contributed by atoms with Gasteiger partial charge in [-0.2, -0.15) is 0 Å². The van der Waals surface area contributed by atoms with Crippen molar-refractivity contribution in [2.45, 2.75) is 38.8 Å². The van der Waals surface area contributed by atoms with E-state index in [0.29, 0.717) is 6.54 Å². The maximum atomic E-state index is 12.0. The number of rotatable bonds is 16. The molecule has 0 spiro atoms. The van der Waals surface area contributed by atoms with Crippen LogP contribution < -0.4 is 22.1 Å². The average Bonchev–Trinajstić information content (AvgIpc) is 2.73. The molecule has 1 atom stereocenters. The molecular weight excluding hydrogens is 404 g/mol. The van der Waals surface area contributed by atoms with Gasteiger partial charge in [-0.1, -0.05) is 0 Å². The van der Waals surface area contributed by atoms with Crippen molar-refractivity contribution in [2.75, 3.05) is 107 Å². The van der Waals surface area contributed by atoms with E-state index in [1.54, 1.807) is 0 Å². The minimum Gasteiger partial charge on any atom is -0.338 e. The molecule has 1 saturated heterocycles. The summed E-state index contributed by atoms with van der Waals surface area (Å²) in [6.45, 7) is 14.5. The zero-order valence-corrected chi connectivity index (χ0v) is 21.7. The largest absolute Gasteiger partial charge is 0.338 e. The first-order valence-electron chi connectivity index (χ1n) is 12.6. The zero-order chi connectivity index (χ0) is 24.0. The van der Waals surface area contributed by atoms with E-state index >= 15 is 0 Å². The Hall–Kier alpha value is -0.970. The summed E-state index contributed by atoms with van der Waals surface area (Å²) in [4.78, 5) is 17.1. The van der Waals surface area contributed by atoms with Crippen LogP contribution in [0.15, 0.2) is 0 Å². The van der Waals surface area contributed by atoms with E-state index in [0.717, 1.165) is 61.0 Å². The Morgan fingerprint density at radius 1 is 0.844 bits per heavy atom. The minimum atomic E-state index is -0.0629. The summed E-state index contributed by atoms with van der Waals surface area (Å²) in [5.41, 5.74) is 11.6. The molecule has 1 aliphatic rings. The molecule has 6 N–H and O–H groups in total. The number of hydrogen-bond donors (Lipinski definition) is 4. The van der Waals surface area contributed by atoms with Crippen molar-refractivity contribution in [1.29, 1.82) is 0 Å². The fraction of sp³-hybridized carbons (Fsp3) is 0.957. The fourth-order valence-corrected chi connectivity index (χ4v) is 4.05. The molecule has 32 heavy (non-hydrogen) atoms. The van der Waals surface area contributed by atoms with Crippen molar-refractivity contribution in [3.8, 4) is 0 Å². The first-order valence-corrected chi connectivity index (χ1v) is 12.6. The van der Waals surface area contributed by atoms with Crippen molar-refractivity contribution >= 4 is 6.03 Å². The van der Waals surface area contributed by atoms with E-state index in [9.17, 15) is 4.79 Å². The molecule has 0 radical (unpaired) electrons. The second-order valence-corrected chi connectivity index (χ2v) is 10.7. The monoisotopic (exact) mass is 458 g/mol. The SMILES string of the molecule is CC(N)[N+](C)(C)CCCNC(=O)NCCC[N+](C)(C)CCCN1CCN(CCCN)CC1. The predicted molar refractivity (Wildman–Crippen MR) is 134 cm³/mol. The molecule has 1 fully saturated rings. The quantitative estimate of drug-likeness (QED) is 0.147. The van der Waals surface area contributed by atoms with Crippen LogP contribution in [0.4, 0.5) is 4.79 Å². The Labute approximate surface area is 197 Å². The van der Waals surface area contributed by atoms with Gasteiger partial charge in [0, 0.05) is 72.0 Å². The summed E-state index contributed by atoms with van der Waals surface area (Å²) in [7, 11) is 8.83. The summed E-state index contributed by atoms with van der Waals surface area (Å²) in [5.74, 6) is 0. The van der Waals surface area contributed by atoms with Gasteiger partial charge in [0.1, 0.15) is 6.17 Å². The number of carbonyl (C=O) groups is 1. The van der Waals surface area contributed by atoms with E-state index in [4.69, 9.17) is 11.5 Å². The minimum absolute atomic E-state index is 0.0629. The molecule has 1 heterocycles. The number of nitrogens with one attached hydrogen (secondary N) is 2. The lowest BCUT2D eigenvalue weighted by molar-refractivity contribution is -0.912. The molecule has 0 aliphatic carbocycles. The molecule has 0 bridgehead atoms. The van der Waals surface area contributed by atoms with Gasteiger partial charge in [-0.25, -0.2) is 4.79 Å². The topological polar surface area (TPSA) is 99.6 Å². The molecule has 190 valence electrons. The van der Waals surface area contributed by atoms with Gasteiger partial charge < -0.3 is 35.1 Å². The van der Waals surface area contributed by atoms with Crippen LogP contribution in [-0.4, -0.2) is 138 Å². The van der Waals surface area contributed by atoms with E-state index in [1.807, 2.05) is 6.92 Å². The number of amides is 2. The highest BCUT2D eigenvalue weighted by Crippen LogP contribution is 2.06. The Morgan fingerprint density at radius 3 is 1.81 bits per heavy atom. The molecule has 1 rings (SSSR count). The van der Waals surface area contributed by atoms with Gasteiger partial charge in [0.2, 0.25) is 0 Å². The van der Waals surface area contributed by atoms with Gasteiger partial charge in [-0.05, 0) is 19.5 Å². The van der Waals surface area contributed by atoms with Crippen molar-refractivity contribution in [3.63, 3.8) is 0 Å². The van der Waals surface area contributed by atoms with Gasteiger partial charge >= 0.3 is 6.03 Å². The first-order chi connectivity index (χ1) is 15.1. The molecular formula is C23H54N8O+2. The average molecular weight is 459 g/mol. The molecule has 1 aliphatic heterocycles. The van der Waals surface area contributed by atoms with Crippen LogP contribution in [0.25, 0.3) is 0 Å². The number of carbonyl (C=O) groups excluding carboxylic acids is 1. The van der Waals surface area contributed by atoms with Crippen LogP contribution in [0.5, 0.6) is 0 Å². The smallest absolute Gasteiger partial charge is 0.314 e. The maximum Gasteiger partial charge on any atom is 0.314 e. The summed E-state index contributed by atoms with van der Waals surface area (Å²) < 4.78 is 1.77. The second-order valence-electron chi connectivity index (χ2n) is 10.7. The van der Waals surface area contributed by atoms with Crippen molar-refractivity contribution in [3.05, 3.63) is 0 Å². The van der Waals surface area contributed by atoms with E-state index in [1.165, 1.54) is 45.7 Å². The molecule has 9 heteroatoms. The van der Waals surface area contributed by atoms with Crippen molar-refractivity contribution < 1.29 is 13.8 Å². The molecule has 2 amide bonds. The van der Waals surface area contributed by atoms with E-state index in [2.05, 4.69) is 48.6 Å². The van der Waals surface area contributed by atoms with Gasteiger partial charge in [-0.15, -0.1) is 0 Å². The summed E-state index contributed by atoms with van der Waals surface area (Å²) in [6.07, 6.45) is 4.35. The Morgan fingerprint density at radius 2 is 1.31 bits per heavy atom. The highest BCUT2D eigenvalue weighted by atomic mass is 16.2. The molecule has 0 aromatic heterocycles. The highest BCUT2D eigenvalue weighted by Gasteiger charge is 2.20. The number of piperazine rings is 1. The first kappa shape index (κ1) is 29.1. The molecule has 0 aromatic rings. The highest BCUT2D eigenvalue weighted by molar-refractivity contribution is 5.73. The molecule has 1 unspecified atom stereocenters. The van der Waals surface area contributed by atoms with Gasteiger partial charge in [0.15, 0.2) is 0 Å². The van der Waals surface area contributed by atoms with Crippen LogP contribution in [0.2, 0.25) is 0 Å². The lowest BCUT2D eigenvalue weighted by Crippen LogP contribution is -2.53. The number of nitrogens with zero attached hydrogens (tertiary/aromatic N) is 4. The zero-order valence-electron chi connectivity index (χ0n) is 21.7. The van der Waals surface area contributed by atoms with Crippen LogP contribution in [0.3, 0.4) is 0 Å². The molecule has 0 aromatic carbocycles. The van der Waals surface area contributed by atoms with E-state index in [-0.39, 0.29) is 12.2 Å². The number of hydrogen-bond acceptors (Lipinski definition) is 5. The third-order valence-electron chi connectivity index (χ3n) is 6.91. The third kappa shape index (κ3) is 12.9. The van der Waals surface area contributed by atoms with Crippen molar-refractivity contribution in [2.24, 2.45) is 11.5 Å². The maximum absolute atomic E-state index is 12.0. The molecule has 0 saturated carbocycles. The normalized spacial score (nSPS) is 17.3. The van der Waals surface area contributed by atoms with Crippen LogP contribution in [0.1, 0.15) is 32.6 Å². The standard InChI is InChI=1S/C23H53N8O/c1-22(25)31(4,5)21-8-12-27-23(32)26-11-7-19-30(2,3)20-9-14-29-17-15-28(16-18-29)13-6-10-24/h22H,6-21,24-25H2,1-5H3,(H-,26,27,32)/q+1/p+1. The summed E-state index contributed by atoms with van der Waals surface area (Å²) >= 11 is 0. The number of nitrogens with two attached hydrogens (primary N) is 2. The van der Waals surface area contributed by atoms with E-state index < -0.39 is 0 Å². The summed E-state index contributed by atoms with van der Waals surface area (Å²) in [5, 5.41) is 5.95. The van der Waals surface area contributed by atoms with Gasteiger partial charge in [-0.3, -0.25) is 5.73 Å². The van der Waals surface area contributed by atoms with Crippen LogP contribution >= 0.6 is 0 Å². The Balaban J connectivity index is 2.05. The number of urea groups is 1. The van der Waals surface area contributed by atoms with Gasteiger partial charge in [0.25, 0.3) is 0 Å². The molecule has 9 nitrogen and oxygen atoms in total. The van der Waals surface area contributed by atoms with Crippen molar-refractivity contribution in [1.82, 2.24) is 20.4 Å².